The summed E-state index contributed by atoms with van der Waals surface area (Å²) in [6.45, 7) is 0.812. The molecule has 5 rings (SSSR count). The Kier molecular flexibility index (Phi) is 4.72. The Balaban J connectivity index is 1.39. The minimum Gasteiger partial charge on any atom is -0.382 e. The number of halogens is 1. The van der Waals surface area contributed by atoms with Gasteiger partial charge in [0.2, 0.25) is 0 Å². The lowest BCUT2D eigenvalue weighted by Crippen LogP contribution is -2.28. The predicted molar refractivity (Wildman–Crippen MR) is 119 cm³/mol. The number of carbonyl (C=O) groups excluding carboxylic acids is 1. The normalized spacial score (nSPS) is 11.3. The minimum absolute atomic E-state index is 0.197. The van der Waals surface area contributed by atoms with Crippen molar-refractivity contribution in [3.05, 3.63) is 65.7 Å². The molecule has 0 unspecified atom stereocenters. The van der Waals surface area contributed by atoms with Crippen molar-refractivity contribution in [1.29, 1.82) is 0 Å². The highest BCUT2D eigenvalue weighted by Crippen LogP contribution is 2.29. The van der Waals surface area contributed by atoms with Crippen molar-refractivity contribution < 1.29 is 4.79 Å². The highest BCUT2D eigenvalue weighted by Gasteiger charge is 2.13. The van der Waals surface area contributed by atoms with Crippen molar-refractivity contribution >= 4 is 45.1 Å². The summed E-state index contributed by atoms with van der Waals surface area (Å²) in [5.74, 6) is 0.0209. The van der Waals surface area contributed by atoms with Crippen LogP contribution in [0.5, 0.6) is 0 Å². The third-order valence-corrected chi connectivity index (χ3v) is 5.25. The molecule has 0 fully saturated rings. The first-order valence-corrected chi connectivity index (χ1v) is 9.93. The molecular formula is C21H17ClN8O. The van der Waals surface area contributed by atoms with Crippen LogP contribution >= 0.6 is 11.6 Å². The van der Waals surface area contributed by atoms with Gasteiger partial charge >= 0.3 is 0 Å². The maximum Gasteiger partial charge on any atom is 0.271 e. The molecule has 1 aromatic carbocycles. The summed E-state index contributed by atoms with van der Waals surface area (Å²) < 4.78 is 1.74. The van der Waals surface area contributed by atoms with Gasteiger partial charge in [-0.05, 0) is 24.3 Å². The lowest BCUT2D eigenvalue weighted by molar-refractivity contribution is 0.0947. The average Bonchev–Trinajstić information content (AvgIpc) is 3.44. The van der Waals surface area contributed by atoms with Crippen LogP contribution in [-0.4, -0.2) is 42.4 Å². The largest absolute Gasteiger partial charge is 0.382 e. The fourth-order valence-corrected chi connectivity index (χ4v) is 3.67. The maximum absolute atomic E-state index is 12.3. The molecule has 10 heteroatoms. The molecule has 0 spiro atoms. The van der Waals surface area contributed by atoms with Crippen LogP contribution in [-0.2, 0) is 6.54 Å². The van der Waals surface area contributed by atoms with E-state index in [1.54, 1.807) is 23.0 Å². The number of aromatic nitrogens is 6. The van der Waals surface area contributed by atoms with Crippen LogP contribution in [0.15, 0.2) is 55.0 Å². The number of nitrogens with two attached hydrogens (primary N) is 1. The number of aromatic amines is 1. The second-order valence-electron chi connectivity index (χ2n) is 6.94. The Morgan fingerprint density at radius 2 is 2.10 bits per heavy atom. The summed E-state index contributed by atoms with van der Waals surface area (Å²) in [6.07, 6.45) is 5.14. The molecular weight excluding hydrogens is 416 g/mol. The van der Waals surface area contributed by atoms with Crippen LogP contribution in [0.1, 0.15) is 10.5 Å². The van der Waals surface area contributed by atoms with Gasteiger partial charge in [-0.2, -0.15) is 10.2 Å². The monoisotopic (exact) mass is 432 g/mol. The average molecular weight is 433 g/mol. The van der Waals surface area contributed by atoms with Gasteiger partial charge in [-0.1, -0.05) is 23.7 Å². The van der Waals surface area contributed by atoms with Crippen molar-refractivity contribution in [2.45, 2.75) is 6.54 Å². The molecule has 9 nitrogen and oxygen atoms in total. The highest BCUT2D eigenvalue weighted by atomic mass is 35.5. The van der Waals surface area contributed by atoms with Gasteiger partial charge in [-0.15, -0.1) is 0 Å². The smallest absolute Gasteiger partial charge is 0.271 e. The molecule has 0 bridgehead atoms. The molecule has 0 aliphatic heterocycles. The van der Waals surface area contributed by atoms with E-state index >= 15 is 0 Å². The van der Waals surface area contributed by atoms with Gasteiger partial charge in [0, 0.05) is 41.5 Å². The molecule has 0 radical (unpaired) electrons. The second kappa shape index (κ2) is 7.69. The van der Waals surface area contributed by atoms with Crippen molar-refractivity contribution in [3.8, 4) is 11.3 Å². The second-order valence-corrected chi connectivity index (χ2v) is 7.35. The first-order valence-electron chi connectivity index (χ1n) is 9.55. The number of carbonyl (C=O) groups is 1. The molecule has 154 valence electrons. The molecule has 4 heterocycles. The molecule has 0 atom stereocenters. The van der Waals surface area contributed by atoms with E-state index in [9.17, 15) is 4.79 Å². The molecule has 5 aromatic rings. The van der Waals surface area contributed by atoms with Gasteiger partial charge < -0.3 is 11.1 Å². The van der Waals surface area contributed by atoms with E-state index in [-0.39, 0.29) is 11.6 Å². The molecule has 0 aliphatic carbocycles. The molecule has 4 aromatic heterocycles. The number of nitrogens with zero attached hydrogens (tertiary/aromatic N) is 5. The van der Waals surface area contributed by atoms with Crippen LogP contribution in [0.3, 0.4) is 0 Å². The first-order chi connectivity index (χ1) is 15.1. The van der Waals surface area contributed by atoms with Gasteiger partial charge in [0.25, 0.3) is 5.91 Å². The SMILES string of the molecule is Nc1nc2cc(-c3ccn[nH]3)ccc2c2cn(CCNC(=O)c3ncccc3Cl)nc12. The Morgan fingerprint density at radius 3 is 2.90 bits per heavy atom. The summed E-state index contributed by atoms with van der Waals surface area (Å²) in [6, 6.07) is 11.2. The van der Waals surface area contributed by atoms with E-state index in [0.29, 0.717) is 29.4 Å². The zero-order chi connectivity index (χ0) is 21.4. The van der Waals surface area contributed by atoms with Gasteiger partial charge in [0.05, 0.1) is 22.8 Å². The number of pyridine rings is 2. The van der Waals surface area contributed by atoms with E-state index < -0.39 is 0 Å². The van der Waals surface area contributed by atoms with Crippen molar-refractivity contribution in [3.63, 3.8) is 0 Å². The van der Waals surface area contributed by atoms with E-state index in [2.05, 4.69) is 30.6 Å². The number of rotatable bonds is 5. The number of amides is 1. The van der Waals surface area contributed by atoms with Gasteiger partial charge in [0.15, 0.2) is 5.82 Å². The number of hydrogen-bond acceptors (Lipinski definition) is 6. The topological polar surface area (TPSA) is 127 Å². The predicted octanol–water partition coefficient (Wildman–Crippen LogP) is 3.04. The third-order valence-electron chi connectivity index (χ3n) is 4.94. The number of anilines is 1. The van der Waals surface area contributed by atoms with E-state index in [1.807, 2.05) is 30.5 Å². The minimum atomic E-state index is -0.333. The van der Waals surface area contributed by atoms with Crippen LogP contribution in [0.2, 0.25) is 5.02 Å². The first kappa shape index (κ1) is 19.0. The molecule has 4 N–H and O–H groups in total. The van der Waals surface area contributed by atoms with Gasteiger partial charge in [0.1, 0.15) is 11.2 Å². The van der Waals surface area contributed by atoms with Crippen LogP contribution in [0.4, 0.5) is 5.82 Å². The van der Waals surface area contributed by atoms with E-state index in [0.717, 1.165) is 27.5 Å². The number of fused-ring (bicyclic) bond motifs is 3. The van der Waals surface area contributed by atoms with Crippen LogP contribution < -0.4 is 11.1 Å². The summed E-state index contributed by atoms with van der Waals surface area (Å²) in [5, 5.41) is 16.4. The lowest BCUT2D eigenvalue weighted by atomic mass is 10.1. The zero-order valence-electron chi connectivity index (χ0n) is 16.2. The fraction of sp³-hybridized carbons (Fsp3) is 0.0952. The molecule has 1 amide bonds. The zero-order valence-corrected chi connectivity index (χ0v) is 17.0. The maximum atomic E-state index is 12.3. The number of benzene rings is 1. The summed E-state index contributed by atoms with van der Waals surface area (Å²) in [4.78, 5) is 20.8. The van der Waals surface area contributed by atoms with Crippen LogP contribution in [0.25, 0.3) is 33.1 Å². The molecule has 0 aliphatic rings. The van der Waals surface area contributed by atoms with Crippen LogP contribution in [0, 0.1) is 0 Å². The fourth-order valence-electron chi connectivity index (χ4n) is 3.46. The van der Waals surface area contributed by atoms with Gasteiger partial charge in [-0.3, -0.25) is 14.6 Å². The Labute approximate surface area is 181 Å². The number of nitrogens with one attached hydrogen (secondary N) is 2. The van der Waals surface area contributed by atoms with Crippen molar-refractivity contribution in [1.82, 2.24) is 35.3 Å². The quantitative estimate of drug-likeness (QED) is 0.391. The number of hydrogen-bond donors (Lipinski definition) is 3. The van der Waals surface area contributed by atoms with Crippen molar-refractivity contribution in [2.24, 2.45) is 0 Å². The molecule has 31 heavy (non-hydrogen) atoms. The lowest BCUT2D eigenvalue weighted by Gasteiger charge is -2.05. The summed E-state index contributed by atoms with van der Waals surface area (Å²) in [7, 11) is 0. The van der Waals surface area contributed by atoms with E-state index in [4.69, 9.17) is 17.3 Å². The highest BCUT2D eigenvalue weighted by molar-refractivity contribution is 6.33. The molecule has 0 saturated heterocycles. The summed E-state index contributed by atoms with van der Waals surface area (Å²) >= 11 is 6.02. The number of nitrogen functional groups attached to an aromatic ring is 1. The van der Waals surface area contributed by atoms with E-state index in [1.165, 1.54) is 6.20 Å². The Morgan fingerprint density at radius 1 is 1.19 bits per heavy atom. The number of H-pyrrole nitrogens is 1. The summed E-state index contributed by atoms with van der Waals surface area (Å²) in [5.41, 5.74) is 9.65. The Bertz CT molecular complexity index is 1410. The molecule has 0 saturated carbocycles. The Hall–Kier alpha value is -3.98. The third kappa shape index (κ3) is 3.55. The van der Waals surface area contributed by atoms with Crippen molar-refractivity contribution in [2.75, 3.05) is 12.3 Å². The standard InChI is InChI=1S/C21H17ClN8O/c22-15-2-1-6-24-19(15)21(31)25-8-9-30-11-14-13-4-3-12(16-5-7-26-28-16)10-17(13)27-20(23)18(14)29-30/h1-7,10-11H,8-9H2,(H2,23,27)(H,25,31)(H,26,28). The van der Waals surface area contributed by atoms with Gasteiger partial charge in [-0.25, -0.2) is 9.97 Å².